The first-order chi connectivity index (χ1) is 17.4. The van der Waals surface area contributed by atoms with Crippen LogP contribution in [0.1, 0.15) is 37.8 Å². The monoisotopic (exact) mass is 489 g/mol. The van der Waals surface area contributed by atoms with E-state index < -0.39 is 0 Å². The van der Waals surface area contributed by atoms with E-state index in [0.717, 1.165) is 38.3 Å². The van der Waals surface area contributed by atoms with E-state index in [1.54, 1.807) is 17.6 Å². The summed E-state index contributed by atoms with van der Waals surface area (Å²) in [6.07, 6.45) is 6.01. The number of hydrogen-bond donors (Lipinski definition) is 1. The predicted molar refractivity (Wildman–Crippen MR) is 144 cm³/mol. The molecule has 1 aromatic heterocycles. The molecule has 1 saturated heterocycles. The predicted octanol–water partition coefficient (Wildman–Crippen LogP) is 3.63. The van der Waals surface area contributed by atoms with Crippen molar-refractivity contribution < 1.29 is 9.53 Å². The number of fused-ring (bicyclic) bond motifs is 1. The molecule has 2 aliphatic rings. The summed E-state index contributed by atoms with van der Waals surface area (Å²) in [4.78, 5) is 34.9. The zero-order valence-electron chi connectivity index (χ0n) is 21.4. The molecule has 1 atom stereocenters. The maximum atomic E-state index is 13.0. The van der Waals surface area contributed by atoms with Gasteiger partial charge in [0.15, 0.2) is 0 Å². The number of esters is 1. The maximum absolute atomic E-state index is 13.0. The molecule has 0 bridgehead atoms. The molecule has 1 N–H and O–H groups in total. The molecular formula is C28H35N5O3. The molecular weight excluding hydrogens is 454 g/mol. The summed E-state index contributed by atoms with van der Waals surface area (Å²) in [6, 6.07) is 10.3. The highest BCUT2D eigenvalue weighted by atomic mass is 16.5. The van der Waals surface area contributed by atoms with E-state index in [1.807, 2.05) is 32.0 Å². The van der Waals surface area contributed by atoms with Crippen molar-refractivity contribution >= 4 is 23.7 Å². The van der Waals surface area contributed by atoms with Crippen LogP contribution >= 0.6 is 0 Å². The number of nitrogens with zero attached hydrogens (tertiary/aromatic N) is 4. The summed E-state index contributed by atoms with van der Waals surface area (Å²) < 4.78 is 6.92. The average Bonchev–Trinajstić information content (AvgIpc) is 2.87. The minimum Gasteiger partial charge on any atom is -0.463 e. The Hall–Kier alpha value is -3.65. The number of carbonyl (C=O) groups excluding carboxylic acids is 1. The quantitative estimate of drug-likeness (QED) is 0.448. The van der Waals surface area contributed by atoms with Crippen LogP contribution in [0.25, 0.3) is 6.08 Å². The van der Waals surface area contributed by atoms with Gasteiger partial charge in [0.05, 0.1) is 12.2 Å². The lowest BCUT2D eigenvalue weighted by molar-refractivity contribution is -0.138. The van der Waals surface area contributed by atoms with Gasteiger partial charge in [-0.15, -0.1) is 6.58 Å². The summed E-state index contributed by atoms with van der Waals surface area (Å²) in [6.45, 7) is 14.1. The van der Waals surface area contributed by atoms with E-state index in [-0.39, 0.29) is 17.6 Å². The third kappa shape index (κ3) is 5.28. The smallest absolute Gasteiger partial charge is 0.351 e. The molecule has 0 saturated carbocycles. The van der Waals surface area contributed by atoms with Crippen LogP contribution in [0, 0.1) is 0 Å². The third-order valence-corrected chi connectivity index (χ3v) is 6.73. The highest BCUT2D eigenvalue weighted by Crippen LogP contribution is 2.41. The van der Waals surface area contributed by atoms with Crippen LogP contribution in [0.4, 0.5) is 11.6 Å². The van der Waals surface area contributed by atoms with Crippen molar-refractivity contribution in [2.24, 2.45) is 0 Å². The Labute approximate surface area is 212 Å². The molecule has 3 heterocycles. The Morgan fingerprint density at radius 1 is 1.19 bits per heavy atom. The van der Waals surface area contributed by atoms with Crippen molar-refractivity contribution in [2.75, 3.05) is 49.5 Å². The molecule has 1 unspecified atom stereocenters. The number of benzene rings is 1. The fraction of sp³-hybridized carbons (Fsp3) is 0.393. The Balaban J connectivity index is 1.57. The Morgan fingerprint density at radius 2 is 1.92 bits per heavy atom. The molecule has 1 aromatic carbocycles. The Bertz CT molecular complexity index is 1220. The van der Waals surface area contributed by atoms with Crippen LogP contribution in [0.5, 0.6) is 0 Å². The highest BCUT2D eigenvalue weighted by Gasteiger charge is 2.35. The Morgan fingerprint density at radius 3 is 2.58 bits per heavy atom. The molecule has 36 heavy (non-hydrogen) atoms. The number of piperazine rings is 1. The first-order valence-electron chi connectivity index (χ1n) is 12.5. The van der Waals surface area contributed by atoms with Crippen LogP contribution < -0.4 is 15.9 Å². The molecule has 8 nitrogen and oxygen atoms in total. The summed E-state index contributed by atoms with van der Waals surface area (Å²) in [7, 11) is 0. The molecule has 0 aliphatic carbocycles. The van der Waals surface area contributed by atoms with Crippen molar-refractivity contribution in [2.45, 2.75) is 33.2 Å². The van der Waals surface area contributed by atoms with Gasteiger partial charge in [-0.2, -0.15) is 4.98 Å². The minimum absolute atomic E-state index is 0.272. The number of allylic oxidation sites excluding steroid dienone is 2. The van der Waals surface area contributed by atoms with Gasteiger partial charge in [0, 0.05) is 56.4 Å². The largest absolute Gasteiger partial charge is 0.463 e. The molecule has 2 aromatic rings. The summed E-state index contributed by atoms with van der Waals surface area (Å²) in [5.41, 5.74) is 2.97. The van der Waals surface area contributed by atoms with Crippen molar-refractivity contribution in [3.8, 4) is 0 Å². The second-order valence-corrected chi connectivity index (χ2v) is 9.09. The number of aromatic nitrogens is 2. The lowest BCUT2D eigenvalue weighted by Crippen LogP contribution is -2.48. The second kappa shape index (κ2) is 11.4. The second-order valence-electron chi connectivity index (χ2n) is 9.09. The van der Waals surface area contributed by atoms with Crippen LogP contribution in [0.3, 0.4) is 0 Å². The van der Waals surface area contributed by atoms with E-state index in [9.17, 15) is 9.59 Å². The SMILES string of the molecule is C=CCn1c2c(c(N3CCN(C/C=C/c4ccccc4)CC3)nc1=O)C(C)C(C(=O)OCC)=C(C)N2. The fourth-order valence-corrected chi connectivity index (χ4v) is 4.93. The molecule has 1 fully saturated rings. The molecule has 190 valence electrons. The number of carbonyl (C=O) groups is 1. The van der Waals surface area contributed by atoms with E-state index >= 15 is 0 Å². The first-order valence-corrected chi connectivity index (χ1v) is 12.5. The van der Waals surface area contributed by atoms with Gasteiger partial charge in [0.25, 0.3) is 0 Å². The van der Waals surface area contributed by atoms with Gasteiger partial charge in [0.1, 0.15) is 11.6 Å². The van der Waals surface area contributed by atoms with E-state index in [0.29, 0.717) is 36.1 Å². The number of anilines is 2. The van der Waals surface area contributed by atoms with Gasteiger partial charge < -0.3 is 15.0 Å². The van der Waals surface area contributed by atoms with E-state index in [4.69, 9.17) is 4.74 Å². The number of nitrogens with one attached hydrogen (secondary N) is 1. The fourth-order valence-electron chi connectivity index (χ4n) is 4.93. The summed E-state index contributed by atoms with van der Waals surface area (Å²) >= 11 is 0. The van der Waals surface area contributed by atoms with Gasteiger partial charge in [-0.05, 0) is 19.4 Å². The number of rotatable bonds is 8. The van der Waals surface area contributed by atoms with Gasteiger partial charge >= 0.3 is 11.7 Å². The van der Waals surface area contributed by atoms with Gasteiger partial charge in [-0.25, -0.2) is 9.59 Å². The molecule has 2 aliphatic heterocycles. The van der Waals surface area contributed by atoms with Crippen LogP contribution in [0.15, 0.2) is 65.1 Å². The highest BCUT2D eigenvalue weighted by molar-refractivity contribution is 5.94. The van der Waals surface area contributed by atoms with E-state index in [1.165, 1.54) is 5.56 Å². The standard InChI is InChI=1S/C28H35N5O3/c1-5-14-33-26-24(20(3)23(21(4)29-26)27(34)36-6-2)25(30-28(33)35)32-18-16-31(17-19-32)15-10-13-22-11-8-7-9-12-22/h5,7-13,20,29H,1,6,14-19H2,2-4H3/b13-10+. The molecule has 0 amide bonds. The van der Waals surface area contributed by atoms with Crippen LogP contribution in [-0.4, -0.2) is 59.8 Å². The molecule has 0 radical (unpaired) electrons. The lowest BCUT2D eigenvalue weighted by atomic mass is 9.88. The minimum atomic E-state index is -0.344. The van der Waals surface area contributed by atoms with Gasteiger partial charge in [-0.1, -0.05) is 55.5 Å². The lowest BCUT2D eigenvalue weighted by Gasteiger charge is -2.38. The van der Waals surface area contributed by atoms with Crippen molar-refractivity contribution in [1.82, 2.24) is 14.5 Å². The average molecular weight is 490 g/mol. The third-order valence-electron chi connectivity index (χ3n) is 6.73. The first kappa shape index (κ1) is 25.4. The summed E-state index contributed by atoms with van der Waals surface area (Å²) in [5, 5.41) is 3.31. The summed E-state index contributed by atoms with van der Waals surface area (Å²) in [5.74, 6) is 0.703. The zero-order chi connectivity index (χ0) is 25.7. The maximum Gasteiger partial charge on any atom is 0.351 e. The van der Waals surface area contributed by atoms with Crippen molar-refractivity contribution in [3.63, 3.8) is 0 Å². The Kier molecular flexibility index (Phi) is 8.05. The van der Waals surface area contributed by atoms with Gasteiger partial charge in [0.2, 0.25) is 0 Å². The normalized spacial score (nSPS) is 18.2. The molecule has 0 spiro atoms. The van der Waals surface area contributed by atoms with Crippen LogP contribution in [-0.2, 0) is 16.1 Å². The van der Waals surface area contributed by atoms with Crippen molar-refractivity contribution in [3.05, 3.63) is 81.9 Å². The number of ether oxygens (including phenoxy) is 1. The zero-order valence-corrected chi connectivity index (χ0v) is 21.4. The number of hydrogen-bond acceptors (Lipinski definition) is 7. The molecule has 4 rings (SSSR count). The topological polar surface area (TPSA) is 79.7 Å². The van der Waals surface area contributed by atoms with Gasteiger partial charge in [-0.3, -0.25) is 9.47 Å². The molecule has 8 heteroatoms. The van der Waals surface area contributed by atoms with Crippen molar-refractivity contribution in [1.29, 1.82) is 0 Å². The van der Waals surface area contributed by atoms with Crippen LogP contribution in [0.2, 0.25) is 0 Å². The van der Waals surface area contributed by atoms with E-state index in [2.05, 4.69) is 51.0 Å².